The highest BCUT2D eigenvalue weighted by Gasteiger charge is 2.28. The fourth-order valence-corrected chi connectivity index (χ4v) is 2.75. The minimum absolute atomic E-state index is 0.162. The number of aliphatic hydroxyl groups is 1. The van der Waals surface area contributed by atoms with Gasteiger partial charge in [-0.25, -0.2) is 0 Å². The Balaban J connectivity index is 2.30. The molecule has 0 saturated carbocycles. The molecule has 2 aromatic carbocycles. The first-order chi connectivity index (χ1) is 9.49. The molecule has 2 nitrogen and oxygen atoms in total. The molecular weight excluding hydrogens is 246 g/mol. The van der Waals surface area contributed by atoms with Gasteiger partial charge in [-0.15, -0.1) is 0 Å². The van der Waals surface area contributed by atoms with Crippen LogP contribution in [0.4, 0.5) is 0 Å². The van der Waals surface area contributed by atoms with Gasteiger partial charge in [-0.1, -0.05) is 67.1 Å². The minimum Gasteiger partial charge on any atom is -0.379 e. The van der Waals surface area contributed by atoms with Crippen LogP contribution < -0.4 is 5.73 Å². The van der Waals surface area contributed by atoms with Crippen LogP contribution in [0.15, 0.2) is 54.6 Å². The molecule has 0 aromatic heterocycles. The second-order valence-corrected chi connectivity index (χ2v) is 5.86. The van der Waals surface area contributed by atoms with E-state index >= 15 is 0 Å². The molecule has 20 heavy (non-hydrogen) atoms. The lowest BCUT2D eigenvalue weighted by Crippen LogP contribution is -2.34. The minimum atomic E-state index is -0.800. The molecule has 0 aliphatic rings. The Morgan fingerprint density at radius 1 is 1.05 bits per heavy atom. The van der Waals surface area contributed by atoms with Crippen LogP contribution in [0.3, 0.4) is 0 Å². The molecule has 0 heterocycles. The molecule has 2 rings (SSSR count). The van der Waals surface area contributed by atoms with Gasteiger partial charge in [0.15, 0.2) is 0 Å². The quantitative estimate of drug-likeness (QED) is 0.819. The Kier molecular flexibility index (Phi) is 4.58. The monoisotopic (exact) mass is 269 g/mol. The van der Waals surface area contributed by atoms with Crippen molar-refractivity contribution in [3.8, 4) is 0 Å². The summed E-state index contributed by atoms with van der Waals surface area (Å²) >= 11 is 0. The van der Waals surface area contributed by atoms with E-state index in [0.29, 0.717) is 6.42 Å². The van der Waals surface area contributed by atoms with Gasteiger partial charge in [-0.2, -0.15) is 0 Å². The van der Waals surface area contributed by atoms with Gasteiger partial charge in [0.1, 0.15) is 6.23 Å². The molecule has 106 valence electrons. The molecule has 1 unspecified atom stereocenters. The lowest BCUT2D eigenvalue weighted by atomic mass is 9.74. The van der Waals surface area contributed by atoms with Gasteiger partial charge < -0.3 is 10.8 Å². The van der Waals surface area contributed by atoms with Crippen LogP contribution in [0, 0.1) is 6.92 Å². The van der Waals surface area contributed by atoms with Crippen LogP contribution in [0.1, 0.15) is 30.0 Å². The number of hydrogen-bond donors (Lipinski definition) is 2. The number of hydrogen-bond acceptors (Lipinski definition) is 2. The van der Waals surface area contributed by atoms with Crippen molar-refractivity contribution in [2.24, 2.45) is 5.73 Å². The van der Waals surface area contributed by atoms with Gasteiger partial charge in [-0.05, 0) is 30.9 Å². The summed E-state index contributed by atoms with van der Waals surface area (Å²) < 4.78 is 0. The molecule has 0 spiro atoms. The topological polar surface area (TPSA) is 46.2 Å². The second-order valence-electron chi connectivity index (χ2n) is 5.86. The zero-order valence-electron chi connectivity index (χ0n) is 12.2. The predicted octanol–water partition coefficient (Wildman–Crippen LogP) is 3.16. The fraction of sp³-hybridized carbons (Fsp3) is 0.333. The summed E-state index contributed by atoms with van der Waals surface area (Å²) in [7, 11) is 0. The third kappa shape index (κ3) is 3.69. The Hall–Kier alpha value is -1.64. The van der Waals surface area contributed by atoms with Crippen molar-refractivity contribution in [2.45, 2.75) is 38.3 Å². The van der Waals surface area contributed by atoms with E-state index in [1.54, 1.807) is 0 Å². The smallest absolute Gasteiger partial charge is 0.103 e. The zero-order chi connectivity index (χ0) is 14.6. The maximum atomic E-state index is 9.65. The molecule has 2 aromatic rings. The van der Waals surface area contributed by atoms with Gasteiger partial charge >= 0.3 is 0 Å². The third-order valence-electron chi connectivity index (χ3n) is 3.85. The van der Waals surface area contributed by atoms with Crippen LogP contribution in [0.25, 0.3) is 0 Å². The van der Waals surface area contributed by atoms with E-state index in [0.717, 1.165) is 6.42 Å². The highest BCUT2D eigenvalue weighted by molar-refractivity contribution is 5.30. The summed E-state index contributed by atoms with van der Waals surface area (Å²) in [6, 6.07) is 18.8. The summed E-state index contributed by atoms with van der Waals surface area (Å²) in [5.41, 5.74) is 9.22. The maximum absolute atomic E-state index is 9.65. The van der Waals surface area contributed by atoms with Gasteiger partial charge in [-0.3, -0.25) is 0 Å². The first-order valence-electron chi connectivity index (χ1n) is 7.04. The largest absolute Gasteiger partial charge is 0.379 e. The Labute approximate surface area is 121 Å². The van der Waals surface area contributed by atoms with Crippen molar-refractivity contribution >= 4 is 0 Å². The molecule has 0 aliphatic carbocycles. The Morgan fingerprint density at radius 3 is 2.20 bits per heavy atom. The van der Waals surface area contributed by atoms with Crippen LogP contribution in [-0.2, 0) is 11.8 Å². The molecule has 0 bridgehead atoms. The van der Waals surface area contributed by atoms with Crippen molar-refractivity contribution in [1.29, 1.82) is 0 Å². The van der Waals surface area contributed by atoms with E-state index in [2.05, 4.69) is 50.2 Å². The predicted molar refractivity (Wildman–Crippen MR) is 83.5 cm³/mol. The van der Waals surface area contributed by atoms with Crippen LogP contribution in [0.5, 0.6) is 0 Å². The summed E-state index contributed by atoms with van der Waals surface area (Å²) in [6.07, 6.45) is 0.613. The molecule has 0 saturated heterocycles. The molecule has 2 heteroatoms. The Bertz CT molecular complexity index is 533. The highest BCUT2D eigenvalue weighted by atomic mass is 16.3. The van der Waals surface area contributed by atoms with Crippen LogP contribution in [0.2, 0.25) is 0 Å². The second kappa shape index (κ2) is 6.21. The molecule has 2 atom stereocenters. The number of aryl methyl sites for hydroxylation is 1. The molecule has 0 aliphatic heterocycles. The van der Waals surface area contributed by atoms with Crippen molar-refractivity contribution in [3.05, 3.63) is 71.3 Å². The number of benzene rings is 2. The third-order valence-corrected chi connectivity index (χ3v) is 3.85. The zero-order valence-corrected chi connectivity index (χ0v) is 12.2. The molecule has 0 radical (unpaired) electrons. The first kappa shape index (κ1) is 14.8. The van der Waals surface area contributed by atoms with Gasteiger partial charge in [0.05, 0.1) is 0 Å². The maximum Gasteiger partial charge on any atom is 0.103 e. The van der Waals surface area contributed by atoms with E-state index in [-0.39, 0.29) is 5.41 Å². The SMILES string of the molecule is Cc1ccc(CC(C)(C[C@H](N)O)c2ccccc2)cc1. The lowest BCUT2D eigenvalue weighted by molar-refractivity contribution is 0.140. The van der Waals surface area contributed by atoms with Gasteiger partial charge in [0.25, 0.3) is 0 Å². The normalized spacial score (nSPS) is 15.6. The molecule has 3 N–H and O–H groups in total. The van der Waals surface area contributed by atoms with E-state index in [1.807, 2.05) is 18.2 Å². The summed E-state index contributed by atoms with van der Waals surface area (Å²) in [5.74, 6) is 0. The van der Waals surface area contributed by atoms with Crippen molar-refractivity contribution in [3.63, 3.8) is 0 Å². The van der Waals surface area contributed by atoms with Crippen LogP contribution >= 0.6 is 0 Å². The standard InChI is InChI=1S/C18H23NO/c1-14-8-10-15(11-9-14)12-18(2,13-17(19)20)16-6-4-3-5-7-16/h3-11,17,20H,12-13,19H2,1-2H3/t17-,18?/m1/s1. The summed E-state index contributed by atoms with van der Waals surface area (Å²) in [4.78, 5) is 0. The van der Waals surface area contributed by atoms with Gasteiger partial charge in [0, 0.05) is 5.41 Å². The Morgan fingerprint density at radius 2 is 1.65 bits per heavy atom. The molecule has 0 amide bonds. The number of nitrogens with two attached hydrogens (primary N) is 1. The van der Waals surface area contributed by atoms with E-state index in [1.165, 1.54) is 16.7 Å². The fourth-order valence-electron chi connectivity index (χ4n) is 2.75. The van der Waals surface area contributed by atoms with E-state index in [9.17, 15) is 5.11 Å². The van der Waals surface area contributed by atoms with Crippen molar-refractivity contribution < 1.29 is 5.11 Å². The number of rotatable bonds is 5. The summed E-state index contributed by atoms with van der Waals surface area (Å²) in [5, 5.41) is 9.65. The van der Waals surface area contributed by atoms with Crippen molar-refractivity contribution in [2.75, 3.05) is 0 Å². The van der Waals surface area contributed by atoms with Crippen molar-refractivity contribution in [1.82, 2.24) is 0 Å². The van der Waals surface area contributed by atoms with Gasteiger partial charge in [0.2, 0.25) is 0 Å². The number of aliphatic hydroxyl groups excluding tert-OH is 1. The highest BCUT2D eigenvalue weighted by Crippen LogP contribution is 2.32. The van der Waals surface area contributed by atoms with E-state index in [4.69, 9.17) is 5.73 Å². The molecular formula is C18H23NO. The summed E-state index contributed by atoms with van der Waals surface area (Å²) in [6.45, 7) is 4.25. The van der Waals surface area contributed by atoms with Crippen LogP contribution in [-0.4, -0.2) is 11.3 Å². The van der Waals surface area contributed by atoms with E-state index < -0.39 is 6.23 Å². The first-order valence-corrected chi connectivity index (χ1v) is 7.04. The average Bonchev–Trinajstić information content (AvgIpc) is 2.42. The lowest BCUT2D eigenvalue weighted by Gasteiger charge is -2.31. The molecule has 0 fully saturated rings. The average molecular weight is 269 g/mol.